The van der Waals surface area contributed by atoms with Gasteiger partial charge in [-0.3, -0.25) is 0 Å². The van der Waals surface area contributed by atoms with E-state index in [0.717, 1.165) is 23.1 Å². The van der Waals surface area contributed by atoms with E-state index in [1.165, 1.54) is 10.5 Å². The predicted octanol–water partition coefficient (Wildman–Crippen LogP) is 4.50. The van der Waals surface area contributed by atoms with Crippen LogP contribution in [0.15, 0.2) is 64.0 Å². The van der Waals surface area contributed by atoms with Gasteiger partial charge in [-0.1, -0.05) is 52.3 Å². The van der Waals surface area contributed by atoms with Crippen molar-refractivity contribution in [2.24, 2.45) is 5.73 Å². The molecule has 2 aromatic carbocycles. The highest BCUT2D eigenvalue weighted by Gasteiger charge is 2.06. The molecule has 0 saturated carbocycles. The standard InChI is InChI=1S/C16H18BrNS/c17-16-9-5-4-6-13(16)12-14(18)10-11-19-15-7-2-1-3-8-15/h1-9,14H,10-12,18H2. The van der Waals surface area contributed by atoms with E-state index in [-0.39, 0.29) is 6.04 Å². The molecule has 0 aromatic heterocycles. The summed E-state index contributed by atoms with van der Waals surface area (Å²) >= 11 is 5.44. The van der Waals surface area contributed by atoms with E-state index in [2.05, 4.69) is 58.4 Å². The lowest BCUT2D eigenvalue weighted by Gasteiger charge is -2.12. The van der Waals surface area contributed by atoms with Crippen molar-refractivity contribution in [3.05, 3.63) is 64.6 Å². The molecule has 0 aliphatic heterocycles. The van der Waals surface area contributed by atoms with E-state index < -0.39 is 0 Å². The zero-order chi connectivity index (χ0) is 13.5. The third-order valence-electron chi connectivity index (χ3n) is 2.94. The van der Waals surface area contributed by atoms with Gasteiger partial charge in [0, 0.05) is 15.4 Å². The summed E-state index contributed by atoms with van der Waals surface area (Å²) in [5.74, 6) is 1.07. The molecule has 2 aromatic rings. The topological polar surface area (TPSA) is 26.0 Å². The quantitative estimate of drug-likeness (QED) is 0.786. The molecule has 0 aliphatic rings. The molecule has 3 heteroatoms. The summed E-state index contributed by atoms with van der Waals surface area (Å²) in [4.78, 5) is 1.32. The van der Waals surface area contributed by atoms with E-state index in [1.807, 2.05) is 23.9 Å². The van der Waals surface area contributed by atoms with Crippen molar-refractivity contribution >= 4 is 27.7 Å². The van der Waals surface area contributed by atoms with Crippen LogP contribution >= 0.6 is 27.7 Å². The number of rotatable bonds is 6. The Morgan fingerprint density at radius 2 is 1.68 bits per heavy atom. The SMILES string of the molecule is NC(CCSc1ccccc1)Cc1ccccc1Br. The monoisotopic (exact) mass is 335 g/mol. The van der Waals surface area contributed by atoms with E-state index in [4.69, 9.17) is 5.73 Å². The van der Waals surface area contributed by atoms with Gasteiger partial charge in [0.2, 0.25) is 0 Å². The van der Waals surface area contributed by atoms with Gasteiger partial charge in [0.15, 0.2) is 0 Å². The largest absolute Gasteiger partial charge is 0.327 e. The van der Waals surface area contributed by atoms with E-state index >= 15 is 0 Å². The first-order chi connectivity index (χ1) is 9.25. The zero-order valence-corrected chi connectivity index (χ0v) is 13.2. The number of thioether (sulfide) groups is 1. The summed E-state index contributed by atoms with van der Waals surface area (Å²) < 4.78 is 1.15. The Morgan fingerprint density at radius 1 is 1.00 bits per heavy atom. The number of hydrogen-bond acceptors (Lipinski definition) is 2. The van der Waals surface area contributed by atoms with E-state index in [9.17, 15) is 0 Å². The first kappa shape index (κ1) is 14.6. The molecular formula is C16H18BrNS. The maximum atomic E-state index is 6.20. The van der Waals surface area contributed by atoms with Crippen molar-refractivity contribution in [1.82, 2.24) is 0 Å². The van der Waals surface area contributed by atoms with E-state index in [1.54, 1.807) is 0 Å². The summed E-state index contributed by atoms with van der Waals surface area (Å²) in [6.45, 7) is 0. The molecule has 1 unspecified atom stereocenters. The molecule has 19 heavy (non-hydrogen) atoms. The van der Waals surface area contributed by atoms with Crippen LogP contribution in [0.5, 0.6) is 0 Å². The lowest BCUT2D eigenvalue weighted by molar-refractivity contribution is 0.650. The summed E-state index contributed by atoms with van der Waals surface area (Å²) in [5, 5.41) is 0. The number of halogens is 1. The number of nitrogens with two attached hydrogens (primary N) is 1. The molecule has 1 atom stereocenters. The molecule has 0 radical (unpaired) electrons. The average Bonchev–Trinajstić information content (AvgIpc) is 2.43. The van der Waals surface area contributed by atoms with Crippen molar-refractivity contribution in [2.45, 2.75) is 23.8 Å². The van der Waals surface area contributed by atoms with Gasteiger partial charge in [-0.2, -0.15) is 0 Å². The van der Waals surface area contributed by atoms with Crippen LogP contribution in [0, 0.1) is 0 Å². The lowest BCUT2D eigenvalue weighted by Crippen LogP contribution is -2.23. The van der Waals surface area contributed by atoms with E-state index in [0.29, 0.717) is 0 Å². The van der Waals surface area contributed by atoms with Crippen LogP contribution in [-0.2, 0) is 6.42 Å². The summed E-state index contributed by atoms with van der Waals surface area (Å²) in [6.07, 6.45) is 1.96. The van der Waals surface area contributed by atoms with Crippen LogP contribution in [-0.4, -0.2) is 11.8 Å². The van der Waals surface area contributed by atoms with Crippen molar-refractivity contribution in [3.63, 3.8) is 0 Å². The minimum atomic E-state index is 0.218. The van der Waals surface area contributed by atoms with Crippen LogP contribution in [0.3, 0.4) is 0 Å². The Bertz CT molecular complexity index is 501. The second-order valence-corrected chi connectivity index (χ2v) is 6.53. The van der Waals surface area contributed by atoms with Crippen LogP contribution in [0.25, 0.3) is 0 Å². The Kier molecular flexibility index (Phi) is 5.95. The third kappa shape index (κ3) is 5.01. The lowest BCUT2D eigenvalue weighted by atomic mass is 10.1. The van der Waals surface area contributed by atoms with Crippen molar-refractivity contribution < 1.29 is 0 Å². The highest BCUT2D eigenvalue weighted by atomic mass is 79.9. The third-order valence-corrected chi connectivity index (χ3v) is 4.76. The van der Waals surface area contributed by atoms with Gasteiger partial charge in [0.1, 0.15) is 0 Å². The fraction of sp³-hybridized carbons (Fsp3) is 0.250. The summed E-state index contributed by atoms with van der Waals surface area (Å²) in [5.41, 5.74) is 7.50. The maximum Gasteiger partial charge on any atom is 0.0207 e. The van der Waals surface area contributed by atoms with Crippen molar-refractivity contribution in [3.8, 4) is 0 Å². The van der Waals surface area contributed by atoms with Crippen LogP contribution in [0.4, 0.5) is 0 Å². The minimum Gasteiger partial charge on any atom is -0.327 e. The van der Waals surface area contributed by atoms with Crippen molar-refractivity contribution in [1.29, 1.82) is 0 Å². The zero-order valence-electron chi connectivity index (χ0n) is 10.8. The molecule has 0 bridgehead atoms. The Labute approximate surface area is 127 Å². The first-order valence-corrected chi connectivity index (χ1v) is 8.20. The molecule has 100 valence electrons. The maximum absolute atomic E-state index is 6.20. The van der Waals surface area contributed by atoms with Crippen molar-refractivity contribution in [2.75, 3.05) is 5.75 Å². The van der Waals surface area contributed by atoms with Gasteiger partial charge in [-0.05, 0) is 42.4 Å². The average molecular weight is 336 g/mol. The summed E-state index contributed by atoms with van der Waals surface area (Å²) in [7, 11) is 0. The van der Waals surface area contributed by atoms with Gasteiger partial charge in [0.25, 0.3) is 0 Å². The normalized spacial score (nSPS) is 12.3. The molecule has 0 spiro atoms. The predicted molar refractivity (Wildman–Crippen MR) is 87.6 cm³/mol. The Balaban J connectivity index is 1.76. The second-order valence-electron chi connectivity index (χ2n) is 4.51. The van der Waals surface area contributed by atoms with Gasteiger partial charge >= 0.3 is 0 Å². The molecule has 0 fully saturated rings. The molecule has 1 nitrogen and oxygen atoms in total. The summed E-state index contributed by atoms with van der Waals surface area (Å²) in [6, 6.07) is 19.0. The highest BCUT2D eigenvalue weighted by molar-refractivity contribution is 9.10. The molecule has 0 heterocycles. The number of hydrogen-bond donors (Lipinski definition) is 1. The molecule has 0 saturated heterocycles. The molecule has 2 N–H and O–H groups in total. The molecule has 2 rings (SSSR count). The Morgan fingerprint density at radius 3 is 2.42 bits per heavy atom. The fourth-order valence-electron chi connectivity index (χ4n) is 1.89. The van der Waals surface area contributed by atoms with Gasteiger partial charge in [0.05, 0.1) is 0 Å². The van der Waals surface area contributed by atoms with Gasteiger partial charge in [-0.25, -0.2) is 0 Å². The van der Waals surface area contributed by atoms with Gasteiger partial charge < -0.3 is 5.73 Å². The van der Waals surface area contributed by atoms with Gasteiger partial charge in [-0.15, -0.1) is 11.8 Å². The number of benzene rings is 2. The molecule has 0 amide bonds. The van der Waals surface area contributed by atoms with Crippen LogP contribution < -0.4 is 5.73 Å². The first-order valence-electron chi connectivity index (χ1n) is 6.42. The molecule has 0 aliphatic carbocycles. The highest BCUT2D eigenvalue weighted by Crippen LogP contribution is 2.21. The smallest absolute Gasteiger partial charge is 0.0207 e. The minimum absolute atomic E-state index is 0.218. The second kappa shape index (κ2) is 7.73. The van der Waals surface area contributed by atoms with Crippen LogP contribution in [0.2, 0.25) is 0 Å². The fourth-order valence-corrected chi connectivity index (χ4v) is 3.35. The van der Waals surface area contributed by atoms with Crippen LogP contribution in [0.1, 0.15) is 12.0 Å². The Hall–Kier alpha value is -0.770. The molecular weight excluding hydrogens is 318 g/mol.